The number of nitrogens with one attached hydrogen (secondary N) is 1. The van der Waals surface area contributed by atoms with Gasteiger partial charge in [0.05, 0.1) is 5.56 Å². The van der Waals surface area contributed by atoms with Gasteiger partial charge in [0.2, 0.25) is 0 Å². The summed E-state index contributed by atoms with van der Waals surface area (Å²) in [5.74, 6) is 1.09. The van der Waals surface area contributed by atoms with Crippen molar-refractivity contribution < 1.29 is 4.79 Å². The molecule has 0 radical (unpaired) electrons. The van der Waals surface area contributed by atoms with Crippen molar-refractivity contribution in [3.63, 3.8) is 0 Å². The van der Waals surface area contributed by atoms with Gasteiger partial charge in [-0.15, -0.1) is 0 Å². The van der Waals surface area contributed by atoms with Crippen LogP contribution in [-0.4, -0.2) is 52.4 Å². The van der Waals surface area contributed by atoms with Crippen molar-refractivity contribution in [1.29, 1.82) is 0 Å². The number of nitrogens with zero attached hydrogens (tertiary/aromatic N) is 4. The van der Waals surface area contributed by atoms with Crippen molar-refractivity contribution in [3.8, 4) is 0 Å². The van der Waals surface area contributed by atoms with Gasteiger partial charge in [0, 0.05) is 62.9 Å². The lowest BCUT2D eigenvalue weighted by Gasteiger charge is -2.37. The molecule has 4 heterocycles. The fourth-order valence-electron chi connectivity index (χ4n) is 3.73. The van der Waals surface area contributed by atoms with Gasteiger partial charge in [0.1, 0.15) is 5.82 Å². The molecule has 0 aromatic carbocycles. The smallest absolute Gasteiger partial charge is 0.253 e. The molecule has 4 rings (SSSR count). The normalized spacial score (nSPS) is 15.3. The maximum atomic E-state index is 12.6. The average Bonchev–Trinajstić information content (AvgIpc) is 3.16. The largest absolute Gasteiger partial charge is 0.355 e. The highest BCUT2D eigenvalue weighted by molar-refractivity contribution is 5.94. The van der Waals surface area contributed by atoms with Crippen LogP contribution in [0.1, 0.15) is 29.8 Å². The van der Waals surface area contributed by atoms with Crippen molar-refractivity contribution in [2.45, 2.75) is 26.4 Å². The van der Waals surface area contributed by atoms with Gasteiger partial charge < -0.3 is 14.6 Å². The van der Waals surface area contributed by atoms with E-state index in [-0.39, 0.29) is 5.91 Å². The summed E-state index contributed by atoms with van der Waals surface area (Å²) in [4.78, 5) is 21.5. The predicted molar refractivity (Wildman–Crippen MR) is 112 cm³/mol. The number of aromatic nitrogens is 2. The highest BCUT2D eigenvalue weighted by Gasteiger charge is 2.21. The predicted octanol–water partition coefficient (Wildman–Crippen LogP) is 2.79. The Kier molecular flexibility index (Phi) is 5.30. The van der Waals surface area contributed by atoms with E-state index in [0.717, 1.165) is 43.1 Å². The Bertz CT molecular complexity index is 942. The molecule has 28 heavy (non-hydrogen) atoms. The lowest BCUT2D eigenvalue weighted by molar-refractivity contribution is 0.0950. The summed E-state index contributed by atoms with van der Waals surface area (Å²) in [7, 11) is 0. The van der Waals surface area contributed by atoms with Crippen molar-refractivity contribution in [1.82, 2.24) is 19.6 Å². The molecule has 0 bridgehead atoms. The second-order valence-corrected chi connectivity index (χ2v) is 7.56. The number of pyridine rings is 2. The Morgan fingerprint density at radius 2 is 1.75 bits per heavy atom. The lowest BCUT2D eigenvalue weighted by Crippen LogP contribution is -2.49. The van der Waals surface area contributed by atoms with E-state index in [2.05, 4.69) is 50.5 Å². The van der Waals surface area contributed by atoms with Crippen molar-refractivity contribution in [3.05, 3.63) is 66.1 Å². The second-order valence-electron chi connectivity index (χ2n) is 7.56. The molecular formula is C22H27N5O. The Balaban J connectivity index is 1.49. The fourth-order valence-corrected chi connectivity index (χ4v) is 3.73. The van der Waals surface area contributed by atoms with Crippen LogP contribution < -0.4 is 10.2 Å². The molecule has 1 fully saturated rings. The minimum atomic E-state index is -0.0667. The molecule has 6 nitrogen and oxygen atoms in total. The molecule has 0 atom stereocenters. The van der Waals surface area contributed by atoms with Crippen molar-refractivity contribution in [2.75, 3.05) is 31.1 Å². The number of piperazine rings is 1. The SMILES string of the molecule is CC(C)N1CCN(c2ccc3ccc(C(=O)NCc4ccncc4)cn23)CC1. The summed E-state index contributed by atoms with van der Waals surface area (Å²) < 4.78 is 2.13. The van der Waals surface area contributed by atoms with Crippen molar-refractivity contribution >= 4 is 17.2 Å². The monoisotopic (exact) mass is 377 g/mol. The number of hydrogen-bond acceptors (Lipinski definition) is 4. The van der Waals surface area contributed by atoms with Gasteiger partial charge in [-0.2, -0.15) is 0 Å². The van der Waals surface area contributed by atoms with E-state index in [4.69, 9.17) is 0 Å². The molecule has 6 heteroatoms. The summed E-state index contributed by atoms with van der Waals surface area (Å²) in [6.45, 7) is 9.13. The topological polar surface area (TPSA) is 52.9 Å². The molecule has 1 amide bonds. The number of rotatable bonds is 5. The third kappa shape index (κ3) is 3.87. The summed E-state index contributed by atoms with van der Waals surface area (Å²) in [6.07, 6.45) is 5.42. The van der Waals surface area contributed by atoms with Crippen LogP contribution in [0.15, 0.2) is 55.0 Å². The summed E-state index contributed by atoms with van der Waals surface area (Å²) in [6, 6.07) is 12.6. The second kappa shape index (κ2) is 8.02. The van der Waals surface area contributed by atoms with E-state index in [0.29, 0.717) is 18.2 Å². The number of hydrogen-bond donors (Lipinski definition) is 1. The third-order valence-corrected chi connectivity index (χ3v) is 5.46. The summed E-state index contributed by atoms with van der Waals surface area (Å²) in [5.41, 5.74) is 2.81. The highest BCUT2D eigenvalue weighted by atomic mass is 16.1. The highest BCUT2D eigenvalue weighted by Crippen LogP contribution is 2.22. The van der Waals surface area contributed by atoms with Crippen LogP contribution in [-0.2, 0) is 6.54 Å². The van der Waals surface area contributed by atoms with Crippen LogP contribution in [0.25, 0.3) is 5.52 Å². The van der Waals surface area contributed by atoms with Crippen LogP contribution in [0.2, 0.25) is 0 Å². The lowest BCUT2D eigenvalue weighted by atomic mass is 10.2. The molecule has 0 aliphatic carbocycles. The maximum absolute atomic E-state index is 12.6. The minimum absolute atomic E-state index is 0.0667. The first kappa shape index (κ1) is 18.5. The number of anilines is 1. The Labute approximate surface area is 165 Å². The zero-order valence-corrected chi connectivity index (χ0v) is 16.5. The van der Waals surface area contributed by atoms with E-state index in [9.17, 15) is 4.79 Å². The molecule has 0 spiro atoms. The van der Waals surface area contributed by atoms with Gasteiger partial charge in [-0.05, 0) is 55.8 Å². The Morgan fingerprint density at radius 3 is 2.46 bits per heavy atom. The molecular weight excluding hydrogens is 350 g/mol. The van der Waals surface area contributed by atoms with Crippen LogP contribution >= 0.6 is 0 Å². The molecule has 0 unspecified atom stereocenters. The fraction of sp³-hybridized carbons (Fsp3) is 0.364. The van der Waals surface area contributed by atoms with Crippen LogP contribution in [0.5, 0.6) is 0 Å². The summed E-state index contributed by atoms with van der Waals surface area (Å²) in [5, 5.41) is 2.99. The maximum Gasteiger partial charge on any atom is 0.253 e. The van der Waals surface area contributed by atoms with E-state index in [1.54, 1.807) is 12.4 Å². The van der Waals surface area contributed by atoms with E-state index >= 15 is 0 Å². The van der Waals surface area contributed by atoms with Crippen molar-refractivity contribution in [2.24, 2.45) is 0 Å². The average molecular weight is 377 g/mol. The minimum Gasteiger partial charge on any atom is -0.355 e. The molecule has 3 aromatic rings. The first-order valence-corrected chi connectivity index (χ1v) is 9.89. The first-order valence-electron chi connectivity index (χ1n) is 9.89. The number of amides is 1. The standard InChI is InChI=1S/C22H27N5O/c1-17(2)25-11-13-26(14-12-25)21-6-5-20-4-3-19(16-27(20)21)22(28)24-15-18-7-9-23-10-8-18/h3-10,16-17H,11-15H2,1-2H3,(H,24,28). The van der Waals surface area contributed by atoms with Gasteiger partial charge in [-0.3, -0.25) is 14.7 Å². The first-order chi connectivity index (χ1) is 13.6. The Hall–Kier alpha value is -2.86. The van der Waals surface area contributed by atoms with Gasteiger partial charge in [0.25, 0.3) is 5.91 Å². The molecule has 1 aliphatic rings. The molecule has 0 saturated carbocycles. The number of carbonyl (C=O) groups is 1. The van der Waals surface area contributed by atoms with Gasteiger partial charge in [-0.25, -0.2) is 0 Å². The third-order valence-electron chi connectivity index (χ3n) is 5.46. The van der Waals surface area contributed by atoms with E-state index < -0.39 is 0 Å². The molecule has 1 saturated heterocycles. The summed E-state index contributed by atoms with van der Waals surface area (Å²) >= 11 is 0. The molecule has 146 valence electrons. The van der Waals surface area contributed by atoms with Gasteiger partial charge >= 0.3 is 0 Å². The van der Waals surface area contributed by atoms with Crippen LogP contribution in [0, 0.1) is 0 Å². The number of carbonyl (C=O) groups excluding carboxylic acids is 1. The van der Waals surface area contributed by atoms with Crippen LogP contribution in [0.3, 0.4) is 0 Å². The molecule has 1 aliphatic heterocycles. The van der Waals surface area contributed by atoms with E-state index in [1.807, 2.05) is 30.5 Å². The van der Waals surface area contributed by atoms with Crippen LogP contribution in [0.4, 0.5) is 5.82 Å². The van der Waals surface area contributed by atoms with Gasteiger partial charge in [0.15, 0.2) is 0 Å². The zero-order valence-electron chi connectivity index (χ0n) is 16.5. The van der Waals surface area contributed by atoms with E-state index in [1.165, 1.54) is 0 Å². The molecule has 1 N–H and O–H groups in total. The Morgan fingerprint density at radius 1 is 1.04 bits per heavy atom. The zero-order chi connectivity index (χ0) is 19.5. The molecule has 3 aromatic heterocycles. The van der Waals surface area contributed by atoms with Gasteiger partial charge in [-0.1, -0.05) is 0 Å². The quantitative estimate of drug-likeness (QED) is 0.743. The number of fused-ring (bicyclic) bond motifs is 1.